The molecule has 1 aromatic rings. The van der Waals surface area contributed by atoms with Gasteiger partial charge in [-0.05, 0) is 38.0 Å². The van der Waals surface area contributed by atoms with E-state index in [2.05, 4.69) is 4.72 Å². The first-order valence-electron chi connectivity index (χ1n) is 6.39. The predicted molar refractivity (Wildman–Crippen MR) is 73.8 cm³/mol. The topological polar surface area (TPSA) is 95.9 Å². The third-order valence-electron chi connectivity index (χ3n) is 3.66. The highest BCUT2D eigenvalue weighted by molar-refractivity contribution is 7.83. The fourth-order valence-electron chi connectivity index (χ4n) is 2.34. The smallest absolute Gasteiger partial charge is 0.333 e. The summed E-state index contributed by atoms with van der Waals surface area (Å²) in [5.41, 5.74) is 0.967. The molecule has 0 radical (unpaired) electrons. The van der Waals surface area contributed by atoms with Crippen LogP contribution in [0, 0.1) is 0 Å². The van der Waals surface area contributed by atoms with Crippen LogP contribution in [-0.2, 0) is 15.7 Å². The lowest BCUT2D eigenvalue weighted by atomic mass is 9.84. The van der Waals surface area contributed by atoms with E-state index in [1.165, 1.54) is 0 Å². The van der Waals surface area contributed by atoms with Gasteiger partial charge in [0.25, 0.3) is 0 Å². The quantitative estimate of drug-likeness (QED) is 0.733. The Bertz CT molecular complexity index is 611. The fourth-order valence-corrected chi connectivity index (χ4v) is 3.00. The Morgan fingerprint density at radius 1 is 1.45 bits per heavy atom. The second-order valence-electron chi connectivity index (χ2n) is 5.50. The molecule has 3 N–H and O–H groups in total. The summed E-state index contributed by atoms with van der Waals surface area (Å²) in [7, 11) is -4.27. The summed E-state index contributed by atoms with van der Waals surface area (Å²) < 4.78 is 38.4. The van der Waals surface area contributed by atoms with Crippen LogP contribution in [-0.4, -0.2) is 24.4 Å². The molecule has 112 valence electrons. The molecule has 0 bridgehead atoms. The monoisotopic (exact) mass is 301 g/mol. The lowest BCUT2D eigenvalue weighted by Crippen LogP contribution is -2.31. The van der Waals surface area contributed by atoms with Crippen molar-refractivity contribution in [3.63, 3.8) is 0 Å². The van der Waals surface area contributed by atoms with Crippen molar-refractivity contribution in [2.75, 3.05) is 0 Å². The summed E-state index contributed by atoms with van der Waals surface area (Å²) in [5, 5.41) is 9.88. The second-order valence-corrected chi connectivity index (χ2v) is 6.69. The van der Waals surface area contributed by atoms with Crippen molar-refractivity contribution in [1.82, 2.24) is 4.72 Å². The van der Waals surface area contributed by atoms with E-state index in [0.717, 1.165) is 11.1 Å². The highest BCUT2D eigenvalue weighted by atomic mass is 32.2. The maximum Gasteiger partial charge on any atom is 0.333 e. The van der Waals surface area contributed by atoms with E-state index in [4.69, 9.17) is 9.29 Å². The van der Waals surface area contributed by atoms with Gasteiger partial charge in [0.2, 0.25) is 6.29 Å². The van der Waals surface area contributed by atoms with E-state index in [1.54, 1.807) is 18.2 Å². The SMILES string of the molecule is CCC(NS(=O)(=O)O)c1ccc2c(c1)C(C)(C)C(O)O2. The third-order valence-corrected chi connectivity index (χ3v) is 4.24. The molecule has 2 rings (SSSR count). The fraction of sp³-hybridized carbons (Fsp3) is 0.538. The van der Waals surface area contributed by atoms with Crippen molar-refractivity contribution in [3.8, 4) is 5.75 Å². The van der Waals surface area contributed by atoms with Gasteiger partial charge in [0.05, 0.1) is 5.41 Å². The minimum absolute atomic E-state index is 0.489. The minimum atomic E-state index is -4.27. The number of hydrogen-bond donors (Lipinski definition) is 3. The van der Waals surface area contributed by atoms with E-state index < -0.39 is 28.1 Å². The number of ether oxygens (including phenoxy) is 1. The van der Waals surface area contributed by atoms with E-state index in [-0.39, 0.29) is 0 Å². The zero-order chi connectivity index (χ0) is 15.1. The molecule has 0 saturated carbocycles. The van der Waals surface area contributed by atoms with Crippen LogP contribution in [0.3, 0.4) is 0 Å². The van der Waals surface area contributed by atoms with Crippen LogP contribution in [0.15, 0.2) is 18.2 Å². The summed E-state index contributed by atoms with van der Waals surface area (Å²) in [6.45, 7) is 5.52. The molecule has 6 nitrogen and oxygen atoms in total. The molecule has 20 heavy (non-hydrogen) atoms. The van der Waals surface area contributed by atoms with Crippen LogP contribution in [0.2, 0.25) is 0 Å². The average molecular weight is 301 g/mol. The van der Waals surface area contributed by atoms with Gasteiger partial charge in [-0.15, -0.1) is 0 Å². The Labute approximate surface area is 118 Å². The van der Waals surface area contributed by atoms with Crippen molar-refractivity contribution in [2.24, 2.45) is 0 Å². The van der Waals surface area contributed by atoms with Crippen LogP contribution in [0.25, 0.3) is 0 Å². The Balaban J connectivity index is 2.39. The van der Waals surface area contributed by atoms with Gasteiger partial charge >= 0.3 is 10.3 Å². The molecule has 0 saturated heterocycles. The number of aliphatic hydroxyl groups is 1. The molecule has 1 aromatic carbocycles. The van der Waals surface area contributed by atoms with Crippen LogP contribution >= 0.6 is 0 Å². The third kappa shape index (κ3) is 2.80. The molecule has 2 unspecified atom stereocenters. The molecule has 0 spiro atoms. The van der Waals surface area contributed by atoms with E-state index >= 15 is 0 Å². The van der Waals surface area contributed by atoms with Crippen LogP contribution in [0.1, 0.15) is 44.4 Å². The summed E-state index contributed by atoms with van der Waals surface area (Å²) in [5.74, 6) is 0.591. The van der Waals surface area contributed by atoms with E-state index in [0.29, 0.717) is 12.2 Å². The first-order chi connectivity index (χ1) is 9.15. The Kier molecular flexibility index (Phi) is 3.81. The number of benzene rings is 1. The summed E-state index contributed by atoms with van der Waals surface area (Å²) in [6, 6.07) is 4.71. The van der Waals surface area contributed by atoms with Gasteiger partial charge in [-0.2, -0.15) is 13.1 Å². The van der Waals surface area contributed by atoms with Crippen LogP contribution in [0.4, 0.5) is 0 Å². The number of fused-ring (bicyclic) bond motifs is 1. The molecule has 1 aliphatic rings. The standard InChI is InChI=1S/C13H19NO5S/c1-4-10(14-20(16,17)18)8-5-6-11-9(7-8)13(2,3)12(15)19-11/h5-7,10,12,14-15H,4H2,1-3H3,(H,16,17,18). The second kappa shape index (κ2) is 5.00. The maximum absolute atomic E-state index is 11.0. The lowest BCUT2D eigenvalue weighted by molar-refractivity contribution is -0.0450. The van der Waals surface area contributed by atoms with Crippen LogP contribution < -0.4 is 9.46 Å². The lowest BCUT2D eigenvalue weighted by Gasteiger charge is -2.22. The number of aliphatic hydroxyl groups excluding tert-OH is 1. The first-order valence-corrected chi connectivity index (χ1v) is 7.83. The molecule has 0 fully saturated rings. The summed E-state index contributed by atoms with van der Waals surface area (Å²) in [6.07, 6.45) is -0.440. The number of hydrogen-bond acceptors (Lipinski definition) is 4. The van der Waals surface area contributed by atoms with E-state index in [9.17, 15) is 13.5 Å². The normalized spacial score (nSPS) is 22.1. The Hall–Kier alpha value is -1.15. The molecular weight excluding hydrogens is 282 g/mol. The van der Waals surface area contributed by atoms with Crippen molar-refractivity contribution < 1.29 is 22.8 Å². The van der Waals surface area contributed by atoms with Gasteiger partial charge < -0.3 is 9.84 Å². The van der Waals surface area contributed by atoms with Gasteiger partial charge in [-0.1, -0.05) is 13.0 Å². The molecule has 7 heteroatoms. The Morgan fingerprint density at radius 3 is 2.65 bits per heavy atom. The first kappa shape index (κ1) is 15.2. The van der Waals surface area contributed by atoms with Gasteiger partial charge in [-0.25, -0.2) is 0 Å². The van der Waals surface area contributed by atoms with Gasteiger partial charge in [0, 0.05) is 11.6 Å². The zero-order valence-electron chi connectivity index (χ0n) is 11.6. The van der Waals surface area contributed by atoms with Crippen LogP contribution in [0.5, 0.6) is 5.75 Å². The predicted octanol–water partition coefficient (Wildman–Crippen LogP) is 1.52. The molecular formula is C13H19NO5S. The molecule has 0 amide bonds. The summed E-state index contributed by atoms with van der Waals surface area (Å²) >= 11 is 0. The number of rotatable bonds is 4. The van der Waals surface area contributed by atoms with Gasteiger partial charge in [0.1, 0.15) is 5.75 Å². The molecule has 2 atom stereocenters. The minimum Gasteiger partial charge on any atom is -0.464 e. The molecule has 0 aliphatic carbocycles. The highest BCUT2D eigenvalue weighted by Crippen LogP contribution is 2.42. The van der Waals surface area contributed by atoms with Crippen molar-refractivity contribution in [3.05, 3.63) is 29.3 Å². The Morgan fingerprint density at radius 2 is 2.10 bits per heavy atom. The maximum atomic E-state index is 11.0. The molecule has 1 aliphatic heterocycles. The van der Waals surface area contributed by atoms with Crippen molar-refractivity contribution in [2.45, 2.75) is 44.9 Å². The molecule has 1 heterocycles. The number of nitrogens with one attached hydrogen (secondary N) is 1. The van der Waals surface area contributed by atoms with E-state index in [1.807, 2.05) is 20.8 Å². The van der Waals surface area contributed by atoms with Gasteiger partial charge in [0.15, 0.2) is 0 Å². The highest BCUT2D eigenvalue weighted by Gasteiger charge is 2.40. The average Bonchev–Trinajstić information content (AvgIpc) is 2.56. The summed E-state index contributed by atoms with van der Waals surface area (Å²) in [4.78, 5) is 0. The molecule has 0 aromatic heterocycles. The van der Waals surface area contributed by atoms with Gasteiger partial charge in [-0.3, -0.25) is 4.55 Å². The largest absolute Gasteiger partial charge is 0.464 e. The van der Waals surface area contributed by atoms with Crippen molar-refractivity contribution >= 4 is 10.3 Å². The zero-order valence-corrected chi connectivity index (χ0v) is 12.4. The van der Waals surface area contributed by atoms with Crippen molar-refractivity contribution in [1.29, 1.82) is 0 Å².